The largest absolute Gasteiger partial charge is 0.416 e. The Bertz CT molecular complexity index is 756. The summed E-state index contributed by atoms with van der Waals surface area (Å²) in [5.41, 5.74) is 2.20. The standard InChI is InChI=1S/C19H23F3N4/c1-13-12-24-9-7-15(13)8-10-25-18(23-3)26-14(2)16-5-4-6-17(11-16)19(20,21)22/h4-7,9,11-12,14H,8,10H2,1-3H3,(H2,23,25,26). The van der Waals surface area contributed by atoms with Crippen LogP contribution in [-0.4, -0.2) is 24.5 Å². The van der Waals surface area contributed by atoms with Crippen LogP contribution < -0.4 is 10.6 Å². The molecule has 2 rings (SSSR count). The van der Waals surface area contributed by atoms with Gasteiger partial charge in [0.05, 0.1) is 11.6 Å². The van der Waals surface area contributed by atoms with Gasteiger partial charge in [-0.2, -0.15) is 13.2 Å². The van der Waals surface area contributed by atoms with Crippen molar-refractivity contribution in [2.75, 3.05) is 13.6 Å². The minimum absolute atomic E-state index is 0.314. The third-order valence-corrected chi connectivity index (χ3v) is 4.11. The number of aliphatic imine (C=N–C) groups is 1. The Labute approximate surface area is 151 Å². The average Bonchev–Trinajstić information content (AvgIpc) is 2.61. The summed E-state index contributed by atoms with van der Waals surface area (Å²) in [7, 11) is 1.63. The highest BCUT2D eigenvalue weighted by molar-refractivity contribution is 5.80. The van der Waals surface area contributed by atoms with Crippen LogP contribution in [0.2, 0.25) is 0 Å². The first kappa shape index (κ1) is 19.8. The molecule has 0 aliphatic heterocycles. The van der Waals surface area contributed by atoms with Crippen molar-refractivity contribution in [2.24, 2.45) is 4.99 Å². The van der Waals surface area contributed by atoms with Gasteiger partial charge < -0.3 is 10.6 Å². The van der Waals surface area contributed by atoms with Crippen LogP contribution in [0, 0.1) is 6.92 Å². The van der Waals surface area contributed by atoms with Crippen LogP contribution in [0.1, 0.15) is 35.2 Å². The van der Waals surface area contributed by atoms with Crippen molar-refractivity contribution >= 4 is 5.96 Å². The highest BCUT2D eigenvalue weighted by atomic mass is 19.4. The summed E-state index contributed by atoms with van der Waals surface area (Å²) in [5.74, 6) is 0.543. The summed E-state index contributed by atoms with van der Waals surface area (Å²) >= 11 is 0. The third-order valence-electron chi connectivity index (χ3n) is 4.11. The fraction of sp³-hybridized carbons (Fsp3) is 0.368. The lowest BCUT2D eigenvalue weighted by atomic mass is 10.1. The molecule has 2 aromatic rings. The van der Waals surface area contributed by atoms with Gasteiger partial charge in [-0.05, 0) is 55.2 Å². The van der Waals surface area contributed by atoms with E-state index in [0.717, 1.165) is 24.1 Å². The van der Waals surface area contributed by atoms with Crippen molar-refractivity contribution in [3.8, 4) is 0 Å². The second-order valence-corrected chi connectivity index (χ2v) is 6.04. The van der Waals surface area contributed by atoms with Crippen LogP contribution in [0.25, 0.3) is 0 Å². The molecular formula is C19H23F3N4. The highest BCUT2D eigenvalue weighted by Crippen LogP contribution is 2.30. The number of alkyl halides is 3. The van der Waals surface area contributed by atoms with Gasteiger partial charge >= 0.3 is 6.18 Å². The fourth-order valence-corrected chi connectivity index (χ4v) is 2.57. The average molecular weight is 364 g/mol. The van der Waals surface area contributed by atoms with Crippen molar-refractivity contribution in [3.05, 3.63) is 65.0 Å². The zero-order valence-electron chi connectivity index (χ0n) is 15.1. The topological polar surface area (TPSA) is 49.3 Å². The lowest BCUT2D eigenvalue weighted by molar-refractivity contribution is -0.137. The van der Waals surface area contributed by atoms with Crippen LogP contribution in [0.5, 0.6) is 0 Å². The molecule has 4 nitrogen and oxygen atoms in total. The van der Waals surface area contributed by atoms with Crippen molar-refractivity contribution in [3.63, 3.8) is 0 Å². The highest BCUT2D eigenvalue weighted by Gasteiger charge is 2.30. The second-order valence-electron chi connectivity index (χ2n) is 6.04. The third kappa shape index (κ3) is 5.47. The predicted molar refractivity (Wildman–Crippen MR) is 97.0 cm³/mol. The molecule has 1 aromatic carbocycles. The van der Waals surface area contributed by atoms with Gasteiger partial charge in [0.1, 0.15) is 0 Å². The first-order chi connectivity index (χ1) is 12.3. The molecule has 2 N–H and O–H groups in total. The summed E-state index contributed by atoms with van der Waals surface area (Å²) < 4.78 is 38.6. The number of pyridine rings is 1. The summed E-state index contributed by atoms with van der Waals surface area (Å²) in [6.07, 6.45) is 0.0221. The normalized spacial score (nSPS) is 13.4. The molecule has 7 heteroatoms. The van der Waals surface area contributed by atoms with Gasteiger partial charge in [-0.3, -0.25) is 9.98 Å². The molecule has 0 saturated carbocycles. The molecule has 0 bridgehead atoms. The van der Waals surface area contributed by atoms with Gasteiger partial charge in [0, 0.05) is 26.0 Å². The van der Waals surface area contributed by atoms with Crippen LogP contribution >= 0.6 is 0 Å². The van der Waals surface area contributed by atoms with Crippen LogP contribution in [0.4, 0.5) is 13.2 Å². The predicted octanol–water partition coefficient (Wildman–Crippen LogP) is 3.88. The fourth-order valence-electron chi connectivity index (χ4n) is 2.57. The molecule has 1 atom stereocenters. The van der Waals surface area contributed by atoms with Crippen LogP contribution in [0.15, 0.2) is 47.7 Å². The molecule has 0 fully saturated rings. The first-order valence-corrected chi connectivity index (χ1v) is 8.35. The number of benzene rings is 1. The maximum absolute atomic E-state index is 12.9. The van der Waals surface area contributed by atoms with Gasteiger partial charge in [0.25, 0.3) is 0 Å². The molecule has 0 saturated heterocycles. The van der Waals surface area contributed by atoms with E-state index in [1.54, 1.807) is 26.2 Å². The summed E-state index contributed by atoms with van der Waals surface area (Å²) in [4.78, 5) is 8.20. The molecule has 1 unspecified atom stereocenters. The van der Waals surface area contributed by atoms with E-state index < -0.39 is 11.7 Å². The number of nitrogens with zero attached hydrogens (tertiary/aromatic N) is 2. The lowest BCUT2D eigenvalue weighted by Gasteiger charge is -2.19. The van der Waals surface area contributed by atoms with Crippen LogP contribution in [-0.2, 0) is 12.6 Å². The molecule has 140 valence electrons. The van der Waals surface area contributed by atoms with Gasteiger partial charge in [0.15, 0.2) is 5.96 Å². The number of guanidine groups is 1. The molecule has 0 aliphatic rings. The molecule has 1 aromatic heterocycles. The van der Waals surface area contributed by atoms with E-state index in [4.69, 9.17) is 0 Å². The molecule has 0 aliphatic carbocycles. The van der Waals surface area contributed by atoms with E-state index in [2.05, 4.69) is 20.6 Å². The zero-order chi connectivity index (χ0) is 19.2. The Kier molecular flexibility index (Phi) is 6.60. The monoisotopic (exact) mass is 364 g/mol. The minimum atomic E-state index is -4.35. The Morgan fingerprint density at radius 1 is 1.27 bits per heavy atom. The Morgan fingerprint density at radius 3 is 2.69 bits per heavy atom. The molecule has 26 heavy (non-hydrogen) atoms. The van der Waals surface area contributed by atoms with Crippen molar-refractivity contribution in [2.45, 2.75) is 32.5 Å². The molecule has 0 spiro atoms. The van der Waals surface area contributed by atoms with Gasteiger partial charge in [-0.1, -0.05) is 12.1 Å². The van der Waals surface area contributed by atoms with Crippen LogP contribution in [0.3, 0.4) is 0 Å². The maximum atomic E-state index is 12.9. The Balaban J connectivity index is 1.94. The molecule has 1 heterocycles. The van der Waals surface area contributed by atoms with E-state index >= 15 is 0 Å². The lowest BCUT2D eigenvalue weighted by Crippen LogP contribution is -2.39. The van der Waals surface area contributed by atoms with Gasteiger partial charge in [0.2, 0.25) is 0 Å². The summed E-state index contributed by atoms with van der Waals surface area (Å²) in [6.45, 7) is 4.46. The number of aromatic nitrogens is 1. The SMILES string of the molecule is CN=C(NCCc1ccncc1C)NC(C)c1cccc(C(F)(F)F)c1. The number of rotatable bonds is 5. The van der Waals surface area contributed by atoms with Gasteiger partial charge in [-0.15, -0.1) is 0 Å². The number of nitrogens with one attached hydrogen (secondary N) is 2. The molecule has 0 radical (unpaired) electrons. The summed E-state index contributed by atoms with van der Waals surface area (Å²) in [6, 6.07) is 6.97. The number of hydrogen-bond donors (Lipinski definition) is 2. The number of aryl methyl sites for hydroxylation is 1. The molecular weight excluding hydrogens is 341 g/mol. The quantitative estimate of drug-likeness (QED) is 0.625. The second kappa shape index (κ2) is 8.69. The molecule has 0 amide bonds. The van der Waals surface area contributed by atoms with E-state index in [1.165, 1.54) is 11.6 Å². The van der Waals surface area contributed by atoms with Gasteiger partial charge in [-0.25, -0.2) is 0 Å². The zero-order valence-corrected chi connectivity index (χ0v) is 15.1. The minimum Gasteiger partial charge on any atom is -0.356 e. The van der Waals surface area contributed by atoms with E-state index in [9.17, 15) is 13.2 Å². The van der Waals surface area contributed by atoms with E-state index in [0.29, 0.717) is 18.1 Å². The first-order valence-electron chi connectivity index (χ1n) is 8.35. The Morgan fingerprint density at radius 2 is 2.04 bits per heavy atom. The van der Waals surface area contributed by atoms with Crippen molar-refractivity contribution in [1.29, 1.82) is 0 Å². The number of halogens is 3. The Hall–Kier alpha value is -2.57. The van der Waals surface area contributed by atoms with E-state index in [-0.39, 0.29) is 6.04 Å². The summed E-state index contributed by atoms with van der Waals surface area (Å²) in [5, 5.41) is 6.31. The van der Waals surface area contributed by atoms with E-state index in [1.807, 2.05) is 19.2 Å². The van der Waals surface area contributed by atoms with Crippen molar-refractivity contribution < 1.29 is 13.2 Å². The maximum Gasteiger partial charge on any atom is 0.416 e. The number of hydrogen-bond acceptors (Lipinski definition) is 2. The van der Waals surface area contributed by atoms with Crippen molar-refractivity contribution in [1.82, 2.24) is 15.6 Å². The smallest absolute Gasteiger partial charge is 0.356 e.